The number of nitrogens with zero attached hydrogens (tertiary/aromatic N) is 1. The maximum atomic E-state index is 12.0. The van der Waals surface area contributed by atoms with E-state index in [-0.39, 0.29) is 18.5 Å². The Morgan fingerprint density at radius 3 is 2.74 bits per heavy atom. The third-order valence-electron chi connectivity index (χ3n) is 3.71. The van der Waals surface area contributed by atoms with Crippen molar-refractivity contribution < 1.29 is 32.9 Å². The number of hydrogen-bond donors (Lipinski definition) is 4. The number of hydrogen-bond acceptors (Lipinski definition) is 6. The van der Waals surface area contributed by atoms with Crippen molar-refractivity contribution in [2.24, 2.45) is 0 Å². The van der Waals surface area contributed by atoms with E-state index < -0.39 is 54.8 Å². The van der Waals surface area contributed by atoms with E-state index in [1.165, 1.54) is 5.32 Å². The van der Waals surface area contributed by atoms with Gasteiger partial charge in [-0.05, 0) is 0 Å². The summed E-state index contributed by atoms with van der Waals surface area (Å²) < 4.78 is 42.5. The van der Waals surface area contributed by atoms with Gasteiger partial charge in [0.15, 0.2) is 0 Å². The number of carbonyl (C=O) groups excluding carboxylic acids is 1. The van der Waals surface area contributed by atoms with Crippen LogP contribution in [0, 0.1) is 11.8 Å². The van der Waals surface area contributed by atoms with Crippen LogP contribution in [0.2, 0.25) is 0 Å². The summed E-state index contributed by atoms with van der Waals surface area (Å²) in [5.41, 5.74) is -1.80. The van der Waals surface area contributed by atoms with Gasteiger partial charge in [0.1, 0.15) is 11.7 Å². The number of amides is 1. The van der Waals surface area contributed by atoms with Crippen LogP contribution < -0.4 is 16.6 Å². The fourth-order valence-corrected chi connectivity index (χ4v) is 2.41. The van der Waals surface area contributed by atoms with E-state index in [9.17, 15) is 32.7 Å². The highest BCUT2D eigenvalue weighted by atomic mass is 19.4. The van der Waals surface area contributed by atoms with Crippen molar-refractivity contribution in [1.82, 2.24) is 14.9 Å². The van der Waals surface area contributed by atoms with E-state index in [1.807, 2.05) is 4.98 Å². The van der Waals surface area contributed by atoms with Crippen molar-refractivity contribution in [3.63, 3.8) is 0 Å². The topological polar surface area (TPSA) is 134 Å². The van der Waals surface area contributed by atoms with E-state index in [0.29, 0.717) is 0 Å². The zero-order valence-corrected chi connectivity index (χ0v) is 13.7. The van der Waals surface area contributed by atoms with Crippen LogP contribution in [-0.4, -0.2) is 63.3 Å². The molecule has 2 heterocycles. The lowest BCUT2D eigenvalue weighted by Gasteiger charge is -2.13. The maximum Gasteiger partial charge on any atom is 0.471 e. The van der Waals surface area contributed by atoms with Crippen LogP contribution in [0.4, 0.5) is 13.2 Å². The number of aliphatic hydroxyl groups is 2. The van der Waals surface area contributed by atoms with Crippen LogP contribution in [0.3, 0.4) is 0 Å². The number of carbonyl (C=O) groups is 1. The highest BCUT2D eigenvalue weighted by molar-refractivity contribution is 5.81. The highest BCUT2D eigenvalue weighted by Gasteiger charge is 2.38. The Kier molecular flexibility index (Phi) is 6.42. The Bertz CT molecular complexity index is 867. The molecule has 1 fully saturated rings. The Hall–Kier alpha value is -2.62. The number of aromatic amines is 1. The van der Waals surface area contributed by atoms with Gasteiger partial charge in [0, 0.05) is 12.6 Å². The van der Waals surface area contributed by atoms with Crippen molar-refractivity contribution in [3.05, 3.63) is 32.6 Å². The summed E-state index contributed by atoms with van der Waals surface area (Å²) in [5.74, 6) is 2.30. The minimum atomic E-state index is -5.04. The minimum absolute atomic E-state index is 0.0390. The molecule has 1 amide bonds. The van der Waals surface area contributed by atoms with Gasteiger partial charge >= 0.3 is 17.8 Å². The average Bonchev–Trinajstić information content (AvgIpc) is 2.93. The predicted octanol–water partition coefficient (Wildman–Crippen LogP) is -1.92. The zero-order valence-electron chi connectivity index (χ0n) is 13.7. The van der Waals surface area contributed by atoms with Crippen LogP contribution in [0.15, 0.2) is 15.8 Å². The molecule has 4 N–H and O–H groups in total. The summed E-state index contributed by atoms with van der Waals surface area (Å²) in [6.07, 6.45) is -6.03. The van der Waals surface area contributed by atoms with E-state index in [0.717, 1.165) is 10.8 Å². The second-order valence-corrected chi connectivity index (χ2v) is 5.72. The van der Waals surface area contributed by atoms with E-state index in [1.54, 1.807) is 0 Å². The second kappa shape index (κ2) is 8.38. The van der Waals surface area contributed by atoms with Gasteiger partial charge in [-0.25, -0.2) is 4.79 Å². The summed E-state index contributed by atoms with van der Waals surface area (Å²) in [5, 5.41) is 20.3. The number of H-pyrrole nitrogens is 1. The summed E-state index contributed by atoms with van der Waals surface area (Å²) >= 11 is 0. The van der Waals surface area contributed by atoms with Gasteiger partial charge in [-0.2, -0.15) is 13.2 Å². The van der Waals surface area contributed by atoms with Crippen LogP contribution in [-0.2, 0) is 16.1 Å². The molecule has 0 spiro atoms. The third-order valence-corrected chi connectivity index (χ3v) is 3.71. The smallest absolute Gasteiger partial charge is 0.394 e. The first-order valence-electron chi connectivity index (χ1n) is 7.74. The molecular formula is C15H16F3N3O6. The third kappa shape index (κ3) is 5.43. The molecule has 1 aliphatic heterocycles. The van der Waals surface area contributed by atoms with Crippen LogP contribution in [0.25, 0.3) is 0 Å². The van der Waals surface area contributed by atoms with Crippen LogP contribution >= 0.6 is 0 Å². The zero-order chi connectivity index (χ0) is 20.2. The number of aromatic nitrogens is 2. The highest BCUT2D eigenvalue weighted by Crippen LogP contribution is 2.21. The fraction of sp³-hybridized carbons (Fsp3) is 0.533. The second-order valence-electron chi connectivity index (χ2n) is 5.72. The van der Waals surface area contributed by atoms with Crippen LogP contribution in [0.1, 0.15) is 12.0 Å². The molecule has 0 radical (unpaired) electrons. The van der Waals surface area contributed by atoms with Gasteiger partial charge in [-0.3, -0.25) is 19.1 Å². The largest absolute Gasteiger partial charge is 0.471 e. The van der Waals surface area contributed by atoms with E-state index >= 15 is 0 Å². The molecule has 2 rings (SSSR count). The molecule has 1 aromatic heterocycles. The number of halogens is 3. The monoisotopic (exact) mass is 391 g/mol. The molecule has 1 saturated heterocycles. The summed E-state index contributed by atoms with van der Waals surface area (Å²) in [7, 11) is 0. The van der Waals surface area contributed by atoms with Crippen molar-refractivity contribution in [3.8, 4) is 11.8 Å². The normalized spacial score (nSPS) is 22.2. The number of ether oxygens (including phenoxy) is 1. The van der Waals surface area contributed by atoms with Gasteiger partial charge in [0.2, 0.25) is 0 Å². The first-order chi connectivity index (χ1) is 12.6. The lowest BCUT2D eigenvalue weighted by molar-refractivity contribution is -0.173. The number of nitrogens with one attached hydrogen (secondary N) is 2. The fourth-order valence-electron chi connectivity index (χ4n) is 2.41. The number of rotatable bonds is 4. The summed E-state index contributed by atoms with van der Waals surface area (Å²) in [6.45, 7) is -1.08. The Morgan fingerprint density at radius 1 is 1.44 bits per heavy atom. The van der Waals surface area contributed by atoms with E-state index in [2.05, 4.69) is 11.8 Å². The standard InChI is InChI=1S/C15H16F3N3O6/c16-15(17,18)13(25)19-3-1-2-8-5-21(14(26)20-12(8)24)6-9-4-10(23)11(7-22)27-9/h5,9-11,22-23H,3-4,6-7H2,(H,19,25)(H,20,24,26). The van der Waals surface area contributed by atoms with Crippen molar-refractivity contribution in [2.45, 2.75) is 37.5 Å². The van der Waals surface area contributed by atoms with Crippen molar-refractivity contribution >= 4 is 5.91 Å². The molecular weight excluding hydrogens is 375 g/mol. The van der Waals surface area contributed by atoms with E-state index in [4.69, 9.17) is 9.84 Å². The van der Waals surface area contributed by atoms with Crippen LogP contribution in [0.5, 0.6) is 0 Å². The molecule has 1 aliphatic rings. The van der Waals surface area contributed by atoms with Crippen molar-refractivity contribution in [2.75, 3.05) is 13.2 Å². The number of alkyl halides is 3. The Balaban J connectivity index is 2.08. The lowest BCUT2D eigenvalue weighted by atomic mass is 10.1. The molecule has 3 unspecified atom stereocenters. The number of aliphatic hydroxyl groups excluding tert-OH is 2. The first kappa shape index (κ1) is 20.7. The minimum Gasteiger partial charge on any atom is -0.394 e. The molecule has 1 aromatic rings. The molecule has 0 aliphatic carbocycles. The van der Waals surface area contributed by atoms with Gasteiger partial charge in [0.05, 0.1) is 31.9 Å². The first-order valence-corrected chi connectivity index (χ1v) is 7.74. The summed E-state index contributed by atoms with van der Waals surface area (Å²) in [4.78, 5) is 36.2. The molecule has 0 bridgehead atoms. The SMILES string of the molecule is O=C(NCC#Cc1cn(CC2CC(O)C(CO)O2)c(=O)[nH]c1=O)C(F)(F)F. The Morgan fingerprint density at radius 2 is 2.15 bits per heavy atom. The van der Waals surface area contributed by atoms with Gasteiger partial charge in [-0.15, -0.1) is 0 Å². The average molecular weight is 391 g/mol. The molecule has 0 saturated carbocycles. The van der Waals surface area contributed by atoms with Gasteiger partial charge in [-0.1, -0.05) is 11.8 Å². The molecule has 148 valence electrons. The van der Waals surface area contributed by atoms with Crippen molar-refractivity contribution in [1.29, 1.82) is 0 Å². The Labute approximate surface area is 149 Å². The van der Waals surface area contributed by atoms with Gasteiger partial charge < -0.3 is 20.3 Å². The molecule has 27 heavy (non-hydrogen) atoms. The maximum absolute atomic E-state index is 12.0. The predicted molar refractivity (Wildman–Crippen MR) is 83.6 cm³/mol. The molecule has 9 nitrogen and oxygen atoms in total. The van der Waals surface area contributed by atoms with Gasteiger partial charge in [0.25, 0.3) is 5.56 Å². The quantitative estimate of drug-likeness (QED) is 0.442. The lowest BCUT2D eigenvalue weighted by Crippen LogP contribution is -2.37. The molecule has 3 atom stereocenters. The summed E-state index contributed by atoms with van der Waals surface area (Å²) in [6, 6.07) is 0. The molecule has 0 aromatic carbocycles. The molecule has 12 heteroatoms.